The van der Waals surface area contributed by atoms with E-state index in [1.165, 1.54) is 301 Å². The van der Waals surface area contributed by atoms with Gasteiger partial charge in [0.15, 0.2) is 0 Å². The summed E-state index contributed by atoms with van der Waals surface area (Å²) in [5.41, 5.74) is 25.5. The molecule has 8 aliphatic carbocycles. The molecule has 0 bridgehead atoms. The van der Waals surface area contributed by atoms with Gasteiger partial charge in [0.05, 0.1) is 0 Å². The summed E-state index contributed by atoms with van der Waals surface area (Å²) in [6.45, 7) is 0. The zero-order valence-electron chi connectivity index (χ0n) is 49.0. The van der Waals surface area contributed by atoms with Crippen molar-refractivity contribution in [2.24, 2.45) is 0 Å². The van der Waals surface area contributed by atoms with E-state index in [2.05, 4.69) is 84.9 Å². The van der Waals surface area contributed by atoms with Crippen LogP contribution in [0.3, 0.4) is 0 Å². The summed E-state index contributed by atoms with van der Waals surface area (Å²) < 4.78 is 0. The summed E-state index contributed by atoms with van der Waals surface area (Å²) in [6, 6.07) is 39.1. The van der Waals surface area contributed by atoms with Gasteiger partial charge in [-0.05, 0) is 251 Å². The topological polar surface area (TPSA) is 0 Å². The molecular formula is C78H102. The van der Waals surface area contributed by atoms with Crippen molar-refractivity contribution in [3.05, 3.63) is 129 Å². The first-order valence-electron chi connectivity index (χ1n) is 34.4. The van der Waals surface area contributed by atoms with Crippen molar-refractivity contribution in [2.75, 3.05) is 0 Å². The van der Waals surface area contributed by atoms with Gasteiger partial charge in [0.1, 0.15) is 0 Å². The van der Waals surface area contributed by atoms with Gasteiger partial charge in [-0.2, -0.15) is 0 Å². The molecule has 0 amide bonds. The highest BCUT2D eigenvalue weighted by molar-refractivity contribution is 5.96. The number of hydrogen-bond donors (Lipinski definition) is 0. The Morgan fingerprint density at radius 1 is 0.141 bits per heavy atom. The van der Waals surface area contributed by atoms with Crippen molar-refractivity contribution in [1.82, 2.24) is 0 Å². The molecule has 0 heteroatoms. The molecule has 8 aliphatic rings. The smallest absolute Gasteiger partial charge is 0.00986 e. The molecule has 0 N–H and O–H groups in total. The first-order valence-corrected chi connectivity index (χ1v) is 34.4. The lowest BCUT2D eigenvalue weighted by Gasteiger charge is -2.30. The first-order chi connectivity index (χ1) is 38.6. The van der Waals surface area contributed by atoms with Gasteiger partial charge in [0.2, 0.25) is 0 Å². The Balaban J connectivity index is 1.10. The van der Waals surface area contributed by atoms with E-state index in [9.17, 15) is 0 Å². The van der Waals surface area contributed by atoms with Crippen LogP contribution in [0.5, 0.6) is 0 Å². The number of hydrogen-bond acceptors (Lipinski definition) is 0. The van der Waals surface area contributed by atoms with E-state index in [1.54, 1.807) is 44.5 Å². The second kappa shape index (κ2) is 25.5. The molecular weight excluding hydrogens is 937 g/mol. The summed E-state index contributed by atoms with van der Waals surface area (Å²) in [6.07, 6.45) is 55.2. The second-order valence-corrected chi connectivity index (χ2v) is 28.2. The fraction of sp³-hybridized carbons (Fsp3) is 0.615. The highest BCUT2D eigenvalue weighted by Gasteiger charge is 2.30. The highest BCUT2D eigenvalue weighted by Crippen LogP contribution is 2.51. The fourth-order valence-corrected chi connectivity index (χ4v) is 18.3. The van der Waals surface area contributed by atoms with Crippen LogP contribution in [-0.2, 0) is 0 Å². The van der Waals surface area contributed by atoms with Crippen molar-refractivity contribution in [2.45, 2.75) is 304 Å². The van der Waals surface area contributed by atoms with Gasteiger partial charge in [-0.1, -0.05) is 227 Å². The Kier molecular flexibility index (Phi) is 17.5. The van der Waals surface area contributed by atoms with Gasteiger partial charge < -0.3 is 0 Å². The molecule has 0 spiro atoms. The van der Waals surface area contributed by atoms with E-state index in [4.69, 9.17) is 0 Å². The molecule has 0 aliphatic heterocycles. The molecule has 0 heterocycles. The molecule has 414 valence electrons. The molecule has 8 saturated carbocycles. The predicted molar refractivity (Wildman–Crippen MR) is 335 cm³/mol. The summed E-state index contributed by atoms with van der Waals surface area (Å²) in [5, 5.41) is 0. The molecule has 0 nitrogen and oxygen atoms in total. The standard InChI is InChI=1S/C78H102/c1-9-25-55(26-10-1)63-41-64(56-27-11-2-12-28-56)46-71(45-63)75-53-77(73-49-67(59-33-17-5-18-34-59)43-68(50-73)60-35-19-6-20-36-60)78(74-51-69(61-37-21-7-22-38-61)44-70(52-74)62-39-23-8-24-40-62)54-76(75)72-47-65(57-29-13-3-14-30-57)42-66(48-72)58-31-15-4-16-32-58/h41-62H,1-40H2. The SMILES string of the molecule is c1c(-c2cc(-c3cc(C4CCCCC4)cc(C4CCCCC4)c3)c(-c3cc(C4CCCCC4)cc(C4CCCCC4)c3)cc2-c2cc(C3CCCCC3)cc(C3CCCCC3)c2)cc(C2CCCCC2)cc1C1CCCCC1. The van der Waals surface area contributed by atoms with Crippen LogP contribution >= 0.6 is 0 Å². The fourth-order valence-electron chi connectivity index (χ4n) is 18.3. The third-order valence-corrected chi connectivity index (χ3v) is 22.9. The van der Waals surface area contributed by atoms with Crippen LogP contribution in [0.2, 0.25) is 0 Å². The maximum Gasteiger partial charge on any atom is -0.00986 e. The molecule has 5 aromatic carbocycles. The van der Waals surface area contributed by atoms with E-state index in [-0.39, 0.29) is 0 Å². The lowest BCUT2D eigenvalue weighted by Crippen LogP contribution is -2.10. The van der Waals surface area contributed by atoms with Crippen LogP contribution in [0.25, 0.3) is 44.5 Å². The van der Waals surface area contributed by atoms with E-state index in [0.717, 1.165) is 0 Å². The summed E-state index contributed by atoms with van der Waals surface area (Å²) in [7, 11) is 0. The Morgan fingerprint density at radius 2 is 0.269 bits per heavy atom. The molecule has 0 unspecified atom stereocenters. The third-order valence-electron chi connectivity index (χ3n) is 22.9. The Labute approximate surface area is 475 Å². The van der Waals surface area contributed by atoms with Crippen LogP contribution < -0.4 is 0 Å². The quantitative estimate of drug-likeness (QED) is 0.117. The van der Waals surface area contributed by atoms with E-state index >= 15 is 0 Å². The van der Waals surface area contributed by atoms with Gasteiger partial charge in [0.25, 0.3) is 0 Å². The maximum absolute atomic E-state index is 2.88. The lowest BCUT2D eigenvalue weighted by atomic mass is 9.75. The highest BCUT2D eigenvalue weighted by atomic mass is 14.3. The zero-order chi connectivity index (χ0) is 52.0. The molecule has 0 atom stereocenters. The largest absolute Gasteiger partial charge is 0.0552 e. The Morgan fingerprint density at radius 3 is 0.397 bits per heavy atom. The molecule has 5 aromatic rings. The van der Waals surface area contributed by atoms with Crippen molar-refractivity contribution >= 4 is 0 Å². The zero-order valence-corrected chi connectivity index (χ0v) is 49.0. The number of benzene rings is 5. The first kappa shape index (κ1) is 53.4. The van der Waals surface area contributed by atoms with Crippen molar-refractivity contribution in [1.29, 1.82) is 0 Å². The minimum Gasteiger partial charge on any atom is -0.0552 e. The molecule has 78 heavy (non-hydrogen) atoms. The van der Waals surface area contributed by atoms with Crippen LogP contribution in [0, 0.1) is 0 Å². The molecule has 8 fully saturated rings. The van der Waals surface area contributed by atoms with Crippen LogP contribution in [-0.4, -0.2) is 0 Å². The lowest BCUT2D eigenvalue weighted by molar-refractivity contribution is 0.435. The van der Waals surface area contributed by atoms with Crippen molar-refractivity contribution < 1.29 is 0 Å². The van der Waals surface area contributed by atoms with Gasteiger partial charge in [0, 0.05) is 0 Å². The van der Waals surface area contributed by atoms with Crippen LogP contribution in [0.1, 0.15) is 349 Å². The average Bonchev–Trinajstić information content (AvgIpc) is 3.57. The monoisotopic (exact) mass is 1040 g/mol. The van der Waals surface area contributed by atoms with E-state index in [0.29, 0.717) is 47.3 Å². The van der Waals surface area contributed by atoms with Gasteiger partial charge >= 0.3 is 0 Å². The van der Waals surface area contributed by atoms with Crippen molar-refractivity contribution in [3.8, 4) is 44.5 Å². The van der Waals surface area contributed by atoms with Gasteiger partial charge in [-0.25, -0.2) is 0 Å². The van der Waals surface area contributed by atoms with Gasteiger partial charge in [-0.15, -0.1) is 0 Å². The van der Waals surface area contributed by atoms with Crippen LogP contribution in [0.15, 0.2) is 84.9 Å². The Hall–Kier alpha value is -3.90. The van der Waals surface area contributed by atoms with Crippen molar-refractivity contribution in [3.63, 3.8) is 0 Å². The molecule has 0 aromatic heterocycles. The normalized spacial score (nSPS) is 23.0. The van der Waals surface area contributed by atoms with Gasteiger partial charge in [-0.3, -0.25) is 0 Å². The number of rotatable bonds is 12. The molecule has 0 radical (unpaired) electrons. The molecule has 0 saturated heterocycles. The average molecular weight is 1040 g/mol. The summed E-state index contributed by atoms with van der Waals surface area (Å²) in [4.78, 5) is 0. The minimum atomic E-state index is 0.682. The summed E-state index contributed by atoms with van der Waals surface area (Å²) in [5.74, 6) is 5.46. The van der Waals surface area contributed by atoms with E-state index < -0.39 is 0 Å². The van der Waals surface area contributed by atoms with Crippen LogP contribution in [0.4, 0.5) is 0 Å². The minimum absolute atomic E-state index is 0.682. The second-order valence-electron chi connectivity index (χ2n) is 28.2. The molecule has 13 rings (SSSR count). The Bertz CT molecular complexity index is 2230. The predicted octanol–water partition coefficient (Wildman–Crippen LogP) is 24.7. The maximum atomic E-state index is 2.88. The van der Waals surface area contributed by atoms with E-state index in [1.807, 2.05) is 0 Å². The third kappa shape index (κ3) is 12.3. The summed E-state index contributed by atoms with van der Waals surface area (Å²) >= 11 is 0.